The maximum atomic E-state index is 11.8. The van der Waals surface area contributed by atoms with Gasteiger partial charge >= 0.3 is 6.09 Å². The number of aromatic nitrogens is 1. The number of nitrogens with one attached hydrogen (secondary N) is 3. The molecule has 0 radical (unpaired) electrons. The van der Waals surface area contributed by atoms with Crippen molar-refractivity contribution in [2.45, 2.75) is 52.2 Å². The number of guanidine groups is 1. The monoisotopic (exact) mass is 569 g/mol. The van der Waals surface area contributed by atoms with Crippen LogP contribution in [0.3, 0.4) is 0 Å². The smallest absolute Gasteiger partial charge is 0.412 e. The summed E-state index contributed by atoms with van der Waals surface area (Å²) in [7, 11) is 1.75. The molecule has 3 N–H and O–H groups in total. The minimum atomic E-state index is -0.524. The maximum absolute atomic E-state index is 11.8. The summed E-state index contributed by atoms with van der Waals surface area (Å²) in [5.41, 5.74) is 1.36. The molecule has 0 bridgehead atoms. The first-order valence-corrected chi connectivity index (χ1v) is 11.0. The first-order chi connectivity index (χ1) is 15.3. The Labute approximate surface area is 213 Å². The molecule has 2 aromatic rings. The summed E-state index contributed by atoms with van der Waals surface area (Å²) in [6.07, 6.45) is 4.03. The molecule has 0 saturated carbocycles. The van der Waals surface area contributed by atoms with E-state index < -0.39 is 11.7 Å². The molecule has 0 spiro atoms. The Balaban J connectivity index is 0.00000544. The summed E-state index contributed by atoms with van der Waals surface area (Å²) in [5, 5.41) is 9.33. The molecule has 1 aromatic carbocycles. The van der Waals surface area contributed by atoms with Gasteiger partial charge in [0, 0.05) is 44.6 Å². The lowest BCUT2D eigenvalue weighted by Crippen LogP contribution is -2.38. The fraction of sp³-hybridized carbons (Fsp3) is 0.458. The third kappa shape index (κ3) is 11.7. The lowest BCUT2D eigenvalue weighted by atomic mass is 10.1. The van der Waals surface area contributed by atoms with E-state index >= 15 is 0 Å². The van der Waals surface area contributed by atoms with Crippen LogP contribution in [0.25, 0.3) is 0 Å². The molecular formula is C24H36IN5O3. The number of rotatable bonds is 9. The topological polar surface area (TPSA) is 96.8 Å². The van der Waals surface area contributed by atoms with Crippen LogP contribution in [0.15, 0.2) is 58.4 Å². The van der Waals surface area contributed by atoms with Crippen LogP contribution >= 0.6 is 24.0 Å². The summed E-state index contributed by atoms with van der Waals surface area (Å²) in [4.78, 5) is 27.8. The number of pyridine rings is 1. The normalized spacial score (nSPS) is 11.3. The van der Waals surface area contributed by atoms with Crippen LogP contribution in [0.4, 0.5) is 10.5 Å². The van der Waals surface area contributed by atoms with Crippen LogP contribution in [-0.4, -0.2) is 42.4 Å². The van der Waals surface area contributed by atoms with Crippen LogP contribution in [0.2, 0.25) is 0 Å². The summed E-state index contributed by atoms with van der Waals surface area (Å²) >= 11 is 0. The highest BCUT2D eigenvalue weighted by Crippen LogP contribution is 2.13. The third-order valence-electron chi connectivity index (χ3n) is 4.55. The van der Waals surface area contributed by atoms with Gasteiger partial charge in [-0.25, -0.2) is 4.79 Å². The molecule has 2 rings (SSSR count). The molecule has 0 unspecified atom stereocenters. The minimum Gasteiger partial charge on any atom is -0.444 e. The Morgan fingerprint density at radius 1 is 1.03 bits per heavy atom. The first-order valence-electron chi connectivity index (χ1n) is 11.0. The number of nitrogens with zero attached hydrogens (tertiary/aromatic N) is 2. The van der Waals surface area contributed by atoms with Crippen molar-refractivity contribution in [3.8, 4) is 0 Å². The van der Waals surface area contributed by atoms with E-state index in [-0.39, 0.29) is 29.5 Å². The van der Waals surface area contributed by atoms with E-state index in [9.17, 15) is 9.59 Å². The van der Waals surface area contributed by atoms with Gasteiger partial charge in [0.25, 0.3) is 0 Å². The quantitative estimate of drug-likeness (QED) is 0.184. The van der Waals surface area contributed by atoms with Crippen molar-refractivity contribution in [1.82, 2.24) is 15.2 Å². The predicted octanol–water partition coefficient (Wildman–Crippen LogP) is 4.00. The Morgan fingerprint density at radius 3 is 2.36 bits per heavy atom. The number of anilines is 1. The van der Waals surface area contributed by atoms with Crippen molar-refractivity contribution < 1.29 is 9.53 Å². The maximum Gasteiger partial charge on any atom is 0.412 e. The zero-order valence-electron chi connectivity index (χ0n) is 19.9. The van der Waals surface area contributed by atoms with Crippen molar-refractivity contribution in [3.05, 3.63) is 64.6 Å². The van der Waals surface area contributed by atoms with Crippen molar-refractivity contribution in [3.63, 3.8) is 0 Å². The highest BCUT2D eigenvalue weighted by Gasteiger charge is 2.16. The number of hydrogen-bond donors (Lipinski definition) is 3. The number of aliphatic imine (C=N–C) groups is 1. The van der Waals surface area contributed by atoms with E-state index in [1.807, 2.05) is 57.3 Å². The number of ether oxygens (including phenoxy) is 1. The van der Waals surface area contributed by atoms with E-state index in [1.54, 1.807) is 23.7 Å². The lowest BCUT2D eigenvalue weighted by Gasteiger charge is -2.19. The largest absolute Gasteiger partial charge is 0.444 e. The molecule has 8 nitrogen and oxygen atoms in total. The second kappa shape index (κ2) is 14.6. The number of benzene rings is 1. The van der Waals surface area contributed by atoms with Crippen molar-refractivity contribution in [2.24, 2.45) is 4.99 Å². The lowest BCUT2D eigenvalue weighted by molar-refractivity contribution is 0.0636. The molecule has 182 valence electrons. The molecule has 1 heterocycles. The molecular weight excluding hydrogens is 533 g/mol. The summed E-state index contributed by atoms with van der Waals surface area (Å²) < 4.78 is 6.98. The number of aryl methyl sites for hydroxylation is 1. The number of carbonyl (C=O) groups is 1. The van der Waals surface area contributed by atoms with Crippen LogP contribution < -0.4 is 21.5 Å². The summed E-state index contributed by atoms with van der Waals surface area (Å²) in [6.45, 7) is 7.73. The molecule has 33 heavy (non-hydrogen) atoms. The number of halogens is 1. The predicted molar refractivity (Wildman–Crippen MR) is 145 cm³/mol. The van der Waals surface area contributed by atoms with Gasteiger partial charge in [-0.2, -0.15) is 0 Å². The van der Waals surface area contributed by atoms with E-state index in [2.05, 4.69) is 20.9 Å². The first kappa shape index (κ1) is 28.5. The summed E-state index contributed by atoms with van der Waals surface area (Å²) in [5.74, 6) is 0.755. The molecule has 0 aliphatic heterocycles. The molecule has 0 fully saturated rings. The van der Waals surface area contributed by atoms with Gasteiger partial charge in [0.15, 0.2) is 5.96 Å². The molecule has 1 amide bonds. The minimum absolute atomic E-state index is 0. The van der Waals surface area contributed by atoms with Crippen LogP contribution in [0.1, 0.15) is 39.2 Å². The van der Waals surface area contributed by atoms with Crippen molar-refractivity contribution >= 4 is 41.7 Å². The second-order valence-corrected chi connectivity index (χ2v) is 8.44. The number of amides is 1. The number of carbonyl (C=O) groups excluding carboxylic acids is 1. The third-order valence-corrected chi connectivity index (χ3v) is 4.55. The van der Waals surface area contributed by atoms with Gasteiger partial charge in [0.05, 0.1) is 0 Å². The molecule has 9 heteroatoms. The molecule has 0 atom stereocenters. The molecule has 0 saturated heterocycles. The van der Waals surface area contributed by atoms with Gasteiger partial charge in [-0.15, -0.1) is 24.0 Å². The van der Waals surface area contributed by atoms with Crippen molar-refractivity contribution in [1.29, 1.82) is 0 Å². The number of unbranched alkanes of at least 4 members (excludes halogenated alkanes) is 1. The van der Waals surface area contributed by atoms with Gasteiger partial charge in [0.2, 0.25) is 5.56 Å². The van der Waals surface area contributed by atoms with Crippen molar-refractivity contribution in [2.75, 3.05) is 25.5 Å². The van der Waals surface area contributed by atoms with Gasteiger partial charge in [-0.05, 0) is 63.8 Å². The SMILES string of the molecule is CN=C(NCCCCn1ccccc1=O)NCCc1ccc(NC(=O)OC(C)(C)C)cc1.I. The molecule has 1 aromatic heterocycles. The van der Waals surface area contributed by atoms with E-state index in [1.165, 1.54) is 0 Å². The standard InChI is InChI=1S/C24H35N5O3.HI/c1-24(2,3)32-23(31)28-20-12-10-19(11-13-20)14-16-27-22(25-4)26-15-6-8-18-29-17-7-5-9-21(29)30;/h5,7,9-13,17H,6,8,14-16,18H2,1-4H3,(H,28,31)(H2,25,26,27);1H. The van der Waals surface area contributed by atoms with E-state index in [0.29, 0.717) is 12.2 Å². The fourth-order valence-corrected chi connectivity index (χ4v) is 2.98. The Morgan fingerprint density at radius 2 is 1.73 bits per heavy atom. The zero-order chi connectivity index (χ0) is 23.4. The zero-order valence-corrected chi connectivity index (χ0v) is 22.2. The van der Waals surface area contributed by atoms with Gasteiger partial charge in [0.1, 0.15) is 5.60 Å². The average Bonchev–Trinajstić information content (AvgIpc) is 2.73. The van der Waals surface area contributed by atoms with Gasteiger partial charge < -0.3 is 19.9 Å². The van der Waals surface area contributed by atoms with Gasteiger partial charge in [-0.1, -0.05) is 18.2 Å². The highest BCUT2D eigenvalue weighted by atomic mass is 127. The Hall–Kier alpha value is -2.56. The van der Waals surface area contributed by atoms with Crippen LogP contribution in [0.5, 0.6) is 0 Å². The van der Waals surface area contributed by atoms with E-state index in [4.69, 9.17) is 4.74 Å². The summed E-state index contributed by atoms with van der Waals surface area (Å²) in [6, 6.07) is 12.9. The number of hydrogen-bond acceptors (Lipinski definition) is 4. The highest BCUT2D eigenvalue weighted by molar-refractivity contribution is 14.0. The molecule has 0 aliphatic rings. The Kier molecular flexibility index (Phi) is 12.6. The van der Waals surface area contributed by atoms with E-state index in [0.717, 1.165) is 43.9 Å². The fourth-order valence-electron chi connectivity index (χ4n) is 2.98. The average molecular weight is 569 g/mol. The molecule has 0 aliphatic carbocycles. The second-order valence-electron chi connectivity index (χ2n) is 8.44. The van der Waals surface area contributed by atoms with Crippen LogP contribution in [-0.2, 0) is 17.7 Å². The van der Waals surface area contributed by atoms with Gasteiger partial charge in [-0.3, -0.25) is 15.1 Å². The van der Waals surface area contributed by atoms with Crippen LogP contribution in [0, 0.1) is 0 Å². The Bertz CT molecular complexity index is 936.